The minimum Gasteiger partial charge on any atom is -0.359 e. The van der Waals surface area contributed by atoms with Gasteiger partial charge in [-0.25, -0.2) is 0 Å². The maximum atomic E-state index is 10.6. The van der Waals surface area contributed by atoms with Crippen LogP contribution in [-0.2, 0) is 0 Å². The second kappa shape index (κ2) is 2.73. The van der Waals surface area contributed by atoms with E-state index in [0.717, 1.165) is 12.2 Å². The minimum absolute atomic E-state index is 0.201. The van der Waals surface area contributed by atoms with Gasteiger partial charge in [0.15, 0.2) is 0 Å². The SMILES string of the molecule is CC1CN1c1ccccc1[N+](=O)[O-]. The first-order valence-electron chi connectivity index (χ1n) is 4.20. The monoisotopic (exact) mass is 178 g/mol. The molecule has 0 aliphatic carbocycles. The van der Waals surface area contributed by atoms with Gasteiger partial charge in [0, 0.05) is 18.7 Å². The van der Waals surface area contributed by atoms with Crippen molar-refractivity contribution in [1.29, 1.82) is 0 Å². The Hall–Kier alpha value is -1.58. The smallest absolute Gasteiger partial charge is 0.292 e. The molecule has 1 saturated heterocycles. The number of anilines is 1. The van der Waals surface area contributed by atoms with Crippen LogP contribution in [-0.4, -0.2) is 17.5 Å². The van der Waals surface area contributed by atoms with Crippen molar-refractivity contribution in [1.82, 2.24) is 0 Å². The van der Waals surface area contributed by atoms with Crippen LogP contribution >= 0.6 is 0 Å². The number of nitro benzene ring substituents is 1. The van der Waals surface area contributed by atoms with Crippen molar-refractivity contribution < 1.29 is 4.92 Å². The second-order valence-electron chi connectivity index (χ2n) is 3.25. The molecule has 1 atom stereocenters. The van der Waals surface area contributed by atoms with Crippen LogP contribution in [0.4, 0.5) is 11.4 Å². The number of hydrogen-bond donors (Lipinski definition) is 0. The van der Waals surface area contributed by atoms with Crippen LogP contribution in [0.3, 0.4) is 0 Å². The van der Waals surface area contributed by atoms with Gasteiger partial charge in [0.05, 0.1) is 4.92 Å². The zero-order valence-electron chi connectivity index (χ0n) is 7.30. The summed E-state index contributed by atoms with van der Waals surface area (Å²) in [4.78, 5) is 12.3. The maximum absolute atomic E-state index is 10.6. The number of nitro groups is 1. The molecule has 13 heavy (non-hydrogen) atoms. The number of hydrogen-bond acceptors (Lipinski definition) is 3. The maximum Gasteiger partial charge on any atom is 0.292 e. The summed E-state index contributed by atoms with van der Waals surface area (Å²) in [5, 5.41) is 10.6. The molecule has 0 aromatic heterocycles. The van der Waals surface area contributed by atoms with Gasteiger partial charge in [-0.2, -0.15) is 0 Å². The zero-order valence-corrected chi connectivity index (χ0v) is 7.30. The van der Waals surface area contributed by atoms with Gasteiger partial charge in [0.2, 0.25) is 0 Å². The second-order valence-corrected chi connectivity index (χ2v) is 3.25. The molecule has 1 aromatic rings. The summed E-state index contributed by atoms with van der Waals surface area (Å²) in [6.45, 7) is 2.97. The average Bonchev–Trinajstić information content (AvgIpc) is 2.82. The molecule has 0 bridgehead atoms. The summed E-state index contributed by atoms with van der Waals surface area (Å²) in [5.41, 5.74) is 0.937. The molecule has 1 heterocycles. The summed E-state index contributed by atoms with van der Waals surface area (Å²) < 4.78 is 0. The van der Waals surface area contributed by atoms with Crippen LogP contribution in [0.5, 0.6) is 0 Å². The molecular formula is C9H10N2O2. The highest BCUT2D eigenvalue weighted by Crippen LogP contribution is 2.34. The van der Waals surface area contributed by atoms with Gasteiger partial charge in [-0.1, -0.05) is 12.1 Å². The van der Waals surface area contributed by atoms with Crippen LogP contribution < -0.4 is 4.90 Å². The Kier molecular flexibility index (Phi) is 1.69. The van der Waals surface area contributed by atoms with Crippen molar-refractivity contribution in [2.75, 3.05) is 11.4 Å². The van der Waals surface area contributed by atoms with Crippen LogP contribution in [0.2, 0.25) is 0 Å². The molecule has 2 rings (SSSR count). The Balaban J connectivity index is 2.38. The highest BCUT2D eigenvalue weighted by molar-refractivity contribution is 5.67. The quantitative estimate of drug-likeness (QED) is 0.394. The van der Waals surface area contributed by atoms with E-state index in [2.05, 4.69) is 6.92 Å². The topological polar surface area (TPSA) is 46.1 Å². The first-order valence-corrected chi connectivity index (χ1v) is 4.20. The summed E-state index contributed by atoms with van der Waals surface area (Å²) in [7, 11) is 0. The molecule has 1 unspecified atom stereocenters. The fourth-order valence-corrected chi connectivity index (χ4v) is 1.43. The lowest BCUT2D eigenvalue weighted by molar-refractivity contribution is -0.384. The summed E-state index contributed by atoms with van der Waals surface area (Å²) in [6, 6.07) is 7.30. The molecular weight excluding hydrogens is 168 g/mol. The molecule has 1 fully saturated rings. The number of nitrogens with zero attached hydrogens (tertiary/aromatic N) is 2. The number of benzene rings is 1. The van der Waals surface area contributed by atoms with E-state index >= 15 is 0 Å². The van der Waals surface area contributed by atoms with Gasteiger partial charge in [-0.05, 0) is 13.0 Å². The highest BCUT2D eigenvalue weighted by Gasteiger charge is 2.33. The molecule has 0 radical (unpaired) electrons. The molecule has 1 aliphatic rings. The summed E-state index contributed by atoms with van der Waals surface area (Å²) in [5.74, 6) is 0. The highest BCUT2D eigenvalue weighted by atomic mass is 16.6. The lowest BCUT2D eigenvalue weighted by atomic mass is 10.2. The predicted molar refractivity (Wildman–Crippen MR) is 49.9 cm³/mol. The van der Waals surface area contributed by atoms with Crippen molar-refractivity contribution in [3.63, 3.8) is 0 Å². The van der Waals surface area contributed by atoms with E-state index in [1.807, 2.05) is 11.0 Å². The molecule has 4 heteroatoms. The molecule has 4 nitrogen and oxygen atoms in total. The van der Waals surface area contributed by atoms with Crippen LogP contribution in [0.1, 0.15) is 6.92 Å². The molecule has 0 N–H and O–H groups in total. The van der Waals surface area contributed by atoms with E-state index in [4.69, 9.17) is 0 Å². The summed E-state index contributed by atoms with van der Waals surface area (Å²) in [6.07, 6.45) is 0. The van der Waals surface area contributed by atoms with Gasteiger partial charge in [0.25, 0.3) is 5.69 Å². The van der Waals surface area contributed by atoms with Crippen molar-refractivity contribution in [3.05, 3.63) is 34.4 Å². The van der Waals surface area contributed by atoms with E-state index in [-0.39, 0.29) is 10.6 Å². The molecule has 1 aliphatic heterocycles. The standard InChI is InChI=1S/C9H10N2O2/c1-7-6-10(7)8-4-2-3-5-9(8)11(12)13/h2-5,7H,6H2,1H3. The van der Waals surface area contributed by atoms with E-state index in [1.165, 1.54) is 0 Å². The summed E-state index contributed by atoms with van der Waals surface area (Å²) >= 11 is 0. The number of rotatable bonds is 2. The van der Waals surface area contributed by atoms with Gasteiger partial charge < -0.3 is 4.90 Å². The lowest BCUT2D eigenvalue weighted by Gasteiger charge is -2.03. The minimum atomic E-state index is -0.333. The van der Waals surface area contributed by atoms with E-state index in [0.29, 0.717) is 6.04 Å². The van der Waals surface area contributed by atoms with Gasteiger partial charge >= 0.3 is 0 Å². The van der Waals surface area contributed by atoms with Crippen LogP contribution in [0.15, 0.2) is 24.3 Å². The Morgan fingerprint density at radius 3 is 2.69 bits per heavy atom. The van der Waals surface area contributed by atoms with Crippen LogP contribution in [0.25, 0.3) is 0 Å². The Bertz CT molecular complexity index is 351. The van der Waals surface area contributed by atoms with Gasteiger partial charge in [-0.3, -0.25) is 10.1 Å². The van der Waals surface area contributed by atoms with E-state index < -0.39 is 0 Å². The Morgan fingerprint density at radius 1 is 1.54 bits per heavy atom. The van der Waals surface area contributed by atoms with Crippen molar-refractivity contribution in [2.45, 2.75) is 13.0 Å². The van der Waals surface area contributed by atoms with E-state index in [9.17, 15) is 10.1 Å². The molecule has 0 amide bonds. The third-order valence-corrected chi connectivity index (χ3v) is 2.25. The first-order chi connectivity index (χ1) is 6.20. The fourth-order valence-electron chi connectivity index (χ4n) is 1.43. The predicted octanol–water partition coefficient (Wildman–Crippen LogP) is 1.80. The van der Waals surface area contributed by atoms with Crippen molar-refractivity contribution >= 4 is 11.4 Å². The molecule has 68 valence electrons. The van der Waals surface area contributed by atoms with E-state index in [1.54, 1.807) is 18.2 Å². The van der Waals surface area contributed by atoms with Crippen LogP contribution in [0, 0.1) is 10.1 Å². The molecule has 0 spiro atoms. The third kappa shape index (κ3) is 1.35. The van der Waals surface area contributed by atoms with Gasteiger partial charge in [0.1, 0.15) is 5.69 Å². The van der Waals surface area contributed by atoms with Crippen molar-refractivity contribution in [2.24, 2.45) is 0 Å². The molecule has 1 aromatic carbocycles. The van der Waals surface area contributed by atoms with Crippen molar-refractivity contribution in [3.8, 4) is 0 Å². The lowest BCUT2D eigenvalue weighted by Crippen LogP contribution is -1.99. The Labute approximate surface area is 75.9 Å². The average molecular weight is 178 g/mol. The first kappa shape index (κ1) is 8.04. The molecule has 0 saturated carbocycles. The normalized spacial score (nSPS) is 20.1. The number of para-hydroxylation sites is 2. The zero-order chi connectivity index (χ0) is 9.42. The third-order valence-electron chi connectivity index (χ3n) is 2.25. The van der Waals surface area contributed by atoms with Gasteiger partial charge in [-0.15, -0.1) is 0 Å². The largest absolute Gasteiger partial charge is 0.359 e. The Morgan fingerprint density at radius 2 is 2.15 bits per heavy atom. The fraction of sp³-hybridized carbons (Fsp3) is 0.333.